The Labute approximate surface area is 186 Å². The molecule has 4 atom stereocenters. The molecule has 2 aromatic rings. The fraction of sp³-hybridized carbons (Fsp3) is 0.409. The summed E-state index contributed by atoms with van der Waals surface area (Å²) < 4.78 is 52.9. The predicted octanol–water partition coefficient (Wildman–Crippen LogP) is 2.10. The van der Waals surface area contributed by atoms with Crippen molar-refractivity contribution in [3.63, 3.8) is 0 Å². The average Bonchev–Trinajstić information content (AvgIpc) is 3.11. The number of fused-ring (bicyclic) bond motifs is 3. The molecule has 2 heterocycles. The molecule has 1 amide bonds. The quantitative estimate of drug-likeness (QED) is 0.679. The van der Waals surface area contributed by atoms with Gasteiger partial charge in [0.25, 0.3) is 10.0 Å². The first-order chi connectivity index (χ1) is 15.2. The third-order valence-electron chi connectivity index (χ3n) is 5.78. The van der Waals surface area contributed by atoms with Crippen molar-refractivity contribution in [2.24, 2.45) is 0 Å². The first-order valence-electron chi connectivity index (χ1n) is 10.2. The fourth-order valence-electron chi connectivity index (χ4n) is 4.16. The summed E-state index contributed by atoms with van der Waals surface area (Å²) in [6.07, 6.45) is -0.733. The zero-order valence-corrected chi connectivity index (χ0v) is 18.5. The van der Waals surface area contributed by atoms with Gasteiger partial charge in [-0.15, -0.1) is 0 Å². The molecule has 1 fully saturated rings. The number of aliphatic hydroxyl groups is 1. The number of anilines is 1. The molecule has 0 saturated carbocycles. The molecule has 0 bridgehead atoms. The molecule has 8 nitrogen and oxygen atoms in total. The van der Waals surface area contributed by atoms with Gasteiger partial charge in [-0.25, -0.2) is 12.8 Å². The Kier molecular flexibility index (Phi) is 6.11. The molecule has 0 aliphatic carbocycles. The zero-order valence-electron chi connectivity index (χ0n) is 17.7. The number of halogens is 1. The highest BCUT2D eigenvalue weighted by molar-refractivity contribution is 7.92. The van der Waals surface area contributed by atoms with E-state index >= 15 is 0 Å². The van der Waals surface area contributed by atoms with Gasteiger partial charge in [0.05, 0.1) is 24.0 Å². The molecule has 2 aliphatic heterocycles. The summed E-state index contributed by atoms with van der Waals surface area (Å²) in [7, 11) is -0.558. The third kappa shape index (κ3) is 4.43. The Hall–Kier alpha value is -2.69. The summed E-state index contributed by atoms with van der Waals surface area (Å²) in [6.45, 7) is -0.258. The second-order valence-corrected chi connectivity index (χ2v) is 9.89. The van der Waals surface area contributed by atoms with Gasteiger partial charge in [-0.3, -0.25) is 9.52 Å². The van der Waals surface area contributed by atoms with Gasteiger partial charge in [0.15, 0.2) is 0 Å². The number of aliphatic hydroxyl groups excluding tert-OH is 1. The van der Waals surface area contributed by atoms with Crippen LogP contribution in [-0.4, -0.2) is 63.3 Å². The van der Waals surface area contributed by atoms with Crippen molar-refractivity contribution in [2.75, 3.05) is 25.4 Å². The molecule has 0 spiro atoms. The molecule has 2 aromatic carbocycles. The number of hydrogen-bond acceptors (Lipinski definition) is 6. The second-order valence-electron chi connectivity index (χ2n) is 8.21. The highest BCUT2D eigenvalue weighted by Crippen LogP contribution is 2.47. The number of rotatable bonds is 6. The Morgan fingerprint density at radius 1 is 1.22 bits per heavy atom. The van der Waals surface area contributed by atoms with E-state index in [0.29, 0.717) is 17.9 Å². The normalized spacial score (nSPS) is 24.2. The van der Waals surface area contributed by atoms with Crippen LogP contribution in [0.15, 0.2) is 47.4 Å². The van der Waals surface area contributed by atoms with E-state index in [9.17, 15) is 22.7 Å². The highest BCUT2D eigenvalue weighted by atomic mass is 32.2. The van der Waals surface area contributed by atoms with Gasteiger partial charge in [0.1, 0.15) is 23.8 Å². The van der Waals surface area contributed by atoms with E-state index in [2.05, 4.69) is 4.72 Å². The summed E-state index contributed by atoms with van der Waals surface area (Å²) in [5, 5.41) is 9.81. The van der Waals surface area contributed by atoms with Crippen LogP contribution in [0.3, 0.4) is 0 Å². The summed E-state index contributed by atoms with van der Waals surface area (Å²) in [5.41, 5.74) is 1.13. The Morgan fingerprint density at radius 2 is 1.94 bits per heavy atom. The molecule has 2 aliphatic rings. The van der Waals surface area contributed by atoms with E-state index < -0.39 is 34.2 Å². The second kappa shape index (κ2) is 8.68. The van der Waals surface area contributed by atoms with Gasteiger partial charge in [-0.05, 0) is 48.9 Å². The lowest BCUT2D eigenvalue weighted by Crippen LogP contribution is -2.47. The summed E-state index contributed by atoms with van der Waals surface area (Å²) >= 11 is 0. The van der Waals surface area contributed by atoms with Crippen molar-refractivity contribution in [2.45, 2.75) is 42.0 Å². The number of nitrogens with one attached hydrogen (secondary N) is 1. The number of benzene rings is 2. The monoisotopic (exact) mass is 464 g/mol. The van der Waals surface area contributed by atoms with Crippen molar-refractivity contribution < 1.29 is 32.2 Å². The van der Waals surface area contributed by atoms with E-state index in [1.54, 1.807) is 32.3 Å². The lowest BCUT2D eigenvalue weighted by atomic mass is 9.84. The van der Waals surface area contributed by atoms with Crippen molar-refractivity contribution in [1.29, 1.82) is 0 Å². The first kappa shape index (κ1) is 22.5. The van der Waals surface area contributed by atoms with Gasteiger partial charge in [-0.1, -0.05) is 0 Å². The van der Waals surface area contributed by atoms with Crippen LogP contribution in [0.25, 0.3) is 0 Å². The Bertz CT molecular complexity index is 1110. The maximum absolute atomic E-state index is 13.1. The van der Waals surface area contributed by atoms with E-state index in [4.69, 9.17) is 9.47 Å². The fourth-order valence-corrected chi connectivity index (χ4v) is 5.21. The Morgan fingerprint density at radius 3 is 2.59 bits per heavy atom. The highest BCUT2D eigenvalue weighted by Gasteiger charge is 2.46. The number of carbonyl (C=O) groups excluding carboxylic acids is 1. The molecule has 0 radical (unpaired) electrons. The van der Waals surface area contributed by atoms with Gasteiger partial charge < -0.3 is 19.5 Å². The van der Waals surface area contributed by atoms with Crippen LogP contribution in [0.2, 0.25) is 0 Å². The van der Waals surface area contributed by atoms with E-state index in [0.717, 1.165) is 17.7 Å². The van der Waals surface area contributed by atoms with Crippen molar-refractivity contribution >= 4 is 21.6 Å². The molecule has 172 valence electrons. The number of ether oxygens (including phenoxy) is 2. The standard InChI is InChI=1S/C22H25FN2O6S/c1-25(2)21(27)11-15-10-18-17-9-14(5-8-19(17)31-22(18)20(12-26)30-15)24-32(28,29)16-6-3-13(23)4-7-16/h3-9,15,18,20,22,24,26H,10-12H2,1-2H3/t15-,18-,20-,22+/m0/s1. The number of amides is 1. The van der Waals surface area contributed by atoms with Gasteiger partial charge in [0.2, 0.25) is 5.91 Å². The summed E-state index contributed by atoms with van der Waals surface area (Å²) in [4.78, 5) is 13.6. The summed E-state index contributed by atoms with van der Waals surface area (Å²) in [6, 6.07) is 9.51. The lowest BCUT2D eigenvalue weighted by molar-refractivity contribution is -0.147. The largest absolute Gasteiger partial charge is 0.487 e. The van der Waals surface area contributed by atoms with Crippen molar-refractivity contribution in [3.05, 3.63) is 53.8 Å². The van der Waals surface area contributed by atoms with Crippen molar-refractivity contribution in [3.8, 4) is 5.75 Å². The van der Waals surface area contributed by atoms with Crippen LogP contribution in [0.5, 0.6) is 5.75 Å². The predicted molar refractivity (Wildman–Crippen MR) is 114 cm³/mol. The van der Waals surface area contributed by atoms with E-state index in [-0.39, 0.29) is 29.7 Å². The minimum atomic E-state index is -3.90. The Balaban J connectivity index is 1.57. The number of sulfonamides is 1. The molecule has 10 heteroatoms. The maximum Gasteiger partial charge on any atom is 0.261 e. The van der Waals surface area contributed by atoms with Crippen molar-refractivity contribution in [1.82, 2.24) is 4.90 Å². The smallest absolute Gasteiger partial charge is 0.261 e. The average molecular weight is 465 g/mol. The SMILES string of the molecule is CN(C)C(=O)C[C@@H]1C[C@H]2c3cc(NS(=O)(=O)c4ccc(F)cc4)ccc3O[C@H]2[C@H](CO)O1. The minimum Gasteiger partial charge on any atom is -0.487 e. The van der Waals surface area contributed by atoms with Gasteiger partial charge in [-0.2, -0.15) is 0 Å². The van der Waals surface area contributed by atoms with Crippen LogP contribution in [0.1, 0.15) is 24.3 Å². The van der Waals surface area contributed by atoms with Gasteiger partial charge in [0, 0.05) is 31.3 Å². The third-order valence-corrected chi connectivity index (χ3v) is 7.17. The van der Waals surface area contributed by atoms with Crippen LogP contribution in [-0.2, 0) is 19.6 Å². The maximum atomic E-state index is 13.1. The molecular weight excluding hydrogens is 439 g/mol. The molecule has 1 saturated heterocycles. The molecule has 32 heavy (non-hydrogen) atoms. The summed E-state index contributed by atoms with van der Waals surface area (Å²) in [5.74, 6) is -0.174. The molecule has 0 unspecified atom stereocenters. The van der Waals surface area contributed by atoms with Crippen LogP contribution < -0.4 is 9.46 Å². The molecule has 0 aromatic heterocycles. The van der Waals surface area contributed by atoms with Gasteiger partial charge >= 0.3 is 0 Å². The lowest BCUT2D eigenvalue weighted by Gasteiger charge is -2.37. The molecule has 2 N–H and O–H groups in total. The topological polar surface area (TPSA) is 105 Å². The number of carbonyl (C=O) groups is 1. The van der Waals surface area contributed by atoms with Crippen LogP contribution in [0.4, 0.5) is 10.1 Å². The molecular formula is C22H25FN2O6S. The van der Waals surface area contributed by atoms with E-state index in [1.807, 2.05) is 0 Å². The number of hydrogen-bond donors (Lipinski definition) is 2. The first-order valence-corrected chi connectivity index (χ1v) is 11.7. The van der Waals surface area contributed by atoms with Crippen LogP contribution in [0, 0.1) is 5.82 Å². The van der Waals surface area contributed by atoms with Crippen LogP contribution >= 0.6 is 0 Å². The number of nitrogens with zero attached hydrogens (tertiary/aromatic N) is 1. The molecule has 4 rings (SSSR count). The minimum absolute atomic E-state index is 0.0535. The zero-order chi connectivity index (χ0) is 23.0. The van der Waals surface area contributed by atoms with E-state index in [1.165, 1.54) is 17.0 Å².